The fraction of sp³-hybridized carbons (Fsp3) is 0.500. The van der Waals surface area contributed by atoms with Crippen molar-refractivity contribution < 1.29 is 19.2 Å². The Bertz CT molecular complexity index is 850. The Morgan fingerprint density at radius 3 is 2.81 bits per heavy atom. The number of nitrogens with one attached hydrogen (secondary N) is 2. The summed E-state index contributed by atoms with van der Waals surface area (Å²) in [5.74, 6) is -0.528. The van der Waals surface area contributed by atoms with Crippen LogP contribution in [0, 0.1) is 5.92 Å². The van der Waals surface area contributed by atoms with Crippen molar-refractivity contribution in [3.63, 3.8) is 0 Å². The van der Waals surface area contributed by atoms with E-state index in [4.69, 9.17) is 0 Å². The summed E-state index contributed by atoms with van der Waals surface area (Å²) >= 11 is 0. The van der Waals surface area contributed by atoms with E-state index >= 15 is 0 Å². The molecular formula is C20H23N3O4. The first-order chi connectivity index (χ1) is 12.9. The van der Waals surface area contributed by atoms with Crippen molar-refractivity contribution in [2.75, 3.05) is 11.9 Å². The Kier molecular flexibility index (Phi) is 4.25. The molecule has 4 amide bonds. The maximum atomic E-state index is 13.0. The van der Waals surface area contributed by atoms with Gasteiger partial charge in [-0.3, -0.25) is 19.3 Å². The van der Waals surface area contributed by atoms with Crippen LogP contribution in [0.2, 0.25) is 0 Å². The molecular weight excluding hydrogens is 346 g/mol. The predicted octanol–water partition coefficient (Wildman–Crippen LogP) is 2.25. The summed E-state index contributed by atoms with van der Waals surface area (Å²) in [5.41, 5.74) is 1.21. The van der Waals surface area contributed by atoms with Gasteiger partial charge in [0, 0.05) is 17.7 Å². The van der Waals surface area contributed by atoms with Crippen molar-refractivity contribution in [2.45, 2.75) is 51.0 Å². The molecule has 1 aromatic carbocycles. The number of imide groups is 1. The standard InChI is InChI=1S/C20H23N3O4/c1-12-4-2-3-9-20(12)18(26)23(19(27)22-20)11-16(24)14-5-7-15-13(10-14)6-8-17(25)21-15/h5,7,10,12H,2-4,6,8-9,11H2,1H3,(H,21,25)(H,22,27). The van der Waals surface area contributed by atoms with Gasteiger partial charge < -0.3 is 10.6 Å². The quantitative estimate of drug-likeness (QED) is 0.631. The van der Waals surface area contributed by atoms with Crippen LogP contribution in [0.1, 0.15) is 54.9 Å². The van der Waals surface area contributed by atoms with E-state index in [1.165, 1.54) is 0 Å². The first-order valence-corrected chi connectivity index (χ1v) is 9.51. The number of aryl methyl sites for hydroxylation is 1. The molecule has 1 aromatic rings. The number of anilines is 1. The molecule has 2 heterocycles. The summed E-state index contributed by atoms with van der Waals surface area (Å²) in [7, 11) is 0. The van der Waals surface area contributed by atoms with Gasteiger partial charge in [-0.25, -0.2) is 4.79 Å². The zero-order valence-corrected chi connectivity index (χ0v) is 15.3. The molecule has 1 saturated carbocycles. The van der Waals surface area contributed by atoms with Gasteiger partial charge in [-0.2, -0.15) is 0 Å². The summed E-state index contributed by atoms with van der Waals surface area (Å²) in [6.45, 7) is 1.73. The molecule has 142 valence electrons. The molecule has 2 atom stereocenters. The minimum atomic E-state index is -0.851. The number of urea groups is 1. The third kappa shape index (κ3) is 2.91. The van der Waals surface area contributed by atoms with E-state index in [0.717, 1.165) is 29.7 Å². The van der Waals surface area contributed by atoms with E-state index in [-0.39, 0.29) is 30.1 Å². The number of ketones is 1. The van der Waals surface area contributed by atoms with Gasteiger partial charge in [-0.05, 0) is 48.9 Å². The minimum absolute atomic E-state index is 0.0344. The van der Waals surface area contributed by atoms with Crippen LogP contribution < -0.4 is 10.6 Å². The summed E-state index contributed by atoms with van der Waals surface area (Å²) in [6.07, 6.45) is 4.43. The molecule has 2 fully saturated rings. The lowest BCUT2D eigenvalue weighted by molar-refractivity contribution is -0.133. The smallest absolute Gasteiger partial charge is 0.325 e. The van der Waals surface area contributed by atoms with Gasteiger partial charge in [-0.15, -0.1) is 0 Å². The Labute approximate surface area is 157 Å². The number of nitrogens with zero attached hydrogens (tertiary/aromatic N) is 1. The lowest BCUT2D eigenvalue weighted by Gasteiger charge is -2.36. The Hall–Kier alpha value is -2.70. The van der Waals surface area contributed by atoms with Crippen molar-refractivity contribution in [1.29, 1.82) is 0 Å². The van der Waals surface area contributed by atoms with E-state index < -0.39 is 11.6 Å². The van der Waals surface area contributed by atoms with Crippen LogP contribution in [0.4, 0.5) is 10.5 Å². The summed E-state index contributed by atoms with van der Waals surface area (Å²) in [5, 5.41) is 5.65. The number of Topliss-reactive ketones (excluding diaryl/α,β-unsaturated/α-hetero) is 1. The van der Waals surface area contributed by atoms with Crippen LogP contribution in [0.5, 0.6) is 0 Å². The zero-order chi connectivity index (χ0) is 19.2. The number of fused-ring (bicyclic) bond motifs is 1. The maximum Gasteiger partial charge on any atom is 0.325 e. The predicted molar refractivity (Wildman–Crippen MR) is 98.3 cm³/mol. The van der Waals surface area contributed by atoms with Gasteiger partial charge in [0.15, 0.2) is 5.78 Å². The van der Waals surface area contributed by atoms with E-state index in [9.17, 15) is 19.2 Å². The highest BCUT2D eigenvalue weighted by molar-refractivity contribution is 6.11. The van der Waals surface area contributed by atoms with E-state index in [0.29, 0.717) is 30.5 Å². The fourth-order valence-corrected chi connectivity index (χ4v) is 4.43. The van der Waals surface area contributed by atoms with Crippen molar-refractivity contribution >= 4 is 29.3 Å². The normalized spacial score (nSPS) is 27.4. The lowest BCUT2D eigenvalue weighted by atomic mass is 9.73. The second-order valence-electron chi connectivity index (χ2n) is 7.78. The third-order valence-corrected chi connectivity index (χ3v) is 6.13. The van der Waals surface area contributed by atoms with Crippen LogP contribution in [0.15, 0.2) is 18.2 Å². The second kappa shape index (κ2) is 6.48. The molecule has 7 heteroatoms. The van der Waals surface area contributed by atoms with Gasteiger partial charge in [0.2, 0.25) is 5.91 Å². The monoisotopic (exact) mass is 369 g/mol. The van der Waals surface area contributed by atoms with E-state index in [1.807, 2.05) is 6.92 Å². The minimum Gasteiger partial charge on any atom is -0.326 e. The molecule has 4 rings (SSSR count). The fourth-order valence-electron chi connectivity index (χ4n) is 4.43. The van der Waals surface area contributed by atoms with Gasteiger partial charge in [0.1, 0.15) is 5.54 Å². The largest absolute Gasteiger partial charge is 0.326 e. The molecule has 2 N–H and O–H groups in total. The van der Waals surface area contributed by atoms with Gasteiger partial charge in [-0.1, -0.05) is 19.8 Å². The number of hydrogen-bond acceptors (Lipinski definition) is 4. The molecule has 7 nitrogen and oxygen atoms in total. The van der Waals surface area contributed by atoms with E-state index in [1.54, 1.807) is 18.2 Å². The topological polar surface area (TPSA) is 95.6 Å². The number of hydrogen-bond donors (Lipinski definition) is 2. The SMILES string of the molecule is CC1CCCCC12NC(=O)N(CC(=O)c1ccc3c(c1)CCC(=O)N3)C2=O. The second-order valence-corrected chi connectivity index (χ2v) is 7.78. The van der Waals surface area contributed by atoms with Crippen LogP contribution >= 0.6 is 0 Å². The lowest BCUT2D eigenvalue weighted by Crippen LogP contribution is -2.54. The number of rotatable bonds is 3. The Balaban J connectivity index is 1.52. The highest BCUT2D eigenvalue weighted by Gasteiger charge is 2.55. The average molecular weight is 369 g/mol. The molecule has 27 heavy (non-hydrogen) atoms. The zero-order valence-electron chi connectivity index (χ0n) is 15.3. The number of carbonyl (C=O) groups is 4. The maximum absolute atomic E-state index is 13.0. The first kappa shape index (κ1) is 17.7. The van der Waals surface area contributed by atoms with Crippen LogP contribution in [-0.4, -0.2) is 40.6 Å². The third-order valence-electron chi connectivity index (χ3n) is 6.13. The van der Waals surface area contributed by atoms with Crippen molar-refractivity contribution in [3.05, 3.63) is 29.3 Å². The van der Waals surface area contributed by atoms with Crippen LogP contribution in [0.25, 0.3) is 0 Å². The molecule has 3 aliphatic rings. The number of benzene rings is 1. The van der Waals surface area contributed by atoms with Crippen LogP contribution in [0.3, 0.4) is 0 Å². The molecule has 2 unspecified atom stereocenters. The summed E-state index contributed by atoms with van der Waals surface area (Å²) in [6, 6.07) is 4.60. The molecule has 1 aliphatic carbocycles. The molecule has 0 bridgehead atoms. The highest BCUT2D eigenvalue weighted by atomic mass is 16.2. The average Bonchev–Trinajstić information content (AvgIpc) is 2.88. The molecule has 0 aromatic heterocycles. The van der Waals surface area contributed by atoms with E-state index in [2.05, 4.69) is 10.6 Å². The van der Waals surface area contributed by atoms with Gasteiger partial charge >= 0.3 is 6.03 Å². The molecule has 0 radical (unpaired) electrons. The Morgan fingerprint density at radius 1 is 1.22 bits per heavy atom. The van der Waals surface area contributed by atoms with Crippen LogP contribution in [-0.2, 0) is 16.0 Å². The molecule has 1 saturated heterocycles. The first-order valence-electron chi connectivity index (χ1n) is 9.51. The summed E-state index contributed by atoms with van der Waals surface area (Å²) in [4.78, 5) is 50.7. The molecule has 2 aliphatic heterocycles. The van der Waals surface area contributed by atoms with Gasteiger partial charge in [0.05, 0.1) is 6.54 Å². The van der Waals surface area contributed by atoms with Crippen molar-refractivity contribution in [3.8, 4) is 0 Å². The highest BCUT2D eigenvalue weighted by Crippen LogP contribution is 2.38. The Morgan fingerprint density at radius 2 is 2.04 bits per heavy atom. The molecule has 1 spiro atoms. The number of carbonyl (C=O) groups excluding carboxylic acids is 4. The van der Waals surface area contributed by atoms with Gasteiger partial charge in [0.25, 0.3) is 5.91 Å². The van der Waals surface area contributed by atoms with Crippen molar-refractivity contribution in [1.82, 2.24) is 10.2 Å². The summed E-state index contributed by atoms with van der Waals surface area (Å²) < 4.78 is 0. The number of amides is 4. The van der Waals surface area contributed by atoms with Crippen molar-refractivity contribution in [2.24, 2.45) is 5.92 Å².